The molecule has 2 amide bonds. The average Bonchev–Trinajstić information content (AvgIpc) is 2.63. The first-order valence-corrected chi connectivity index (χ1v) is 6.79. The number of carbonyl (C=O) groups excluding carboxylic acids is 2. The molecule has 1 heterocycles. The van der Waals surface area contributed by atoms with Gasteiger partial charge in [0.05, 0.1) is 0 Å². The monoisotopic (exact) mass is 237 g/mol. The molecule has 0 aromatic heterocycles. The highest BCUT2D eigenvalue weighted by atomic mass is 16.2. The largest absolute Gasteiger partial charge is 0.275 e. The molecule has 0 unspecified atom stereocenters. The molecule has 1 aliphatic rings. The molecule has 96 valence electrons. The van der Waals surface area contributed by atoms with Crippen molar-refractivity contribution in [3.05, 3.63) is 12.2 Å². The van der Waals surface area contributed by atoms with E-state index in [1.807, 2.05) is 0 Å². The van der Waals surface area contributed by atoms with Crippen LogP contribution in [0, 0.1) is 0 Å². The van der Waals surface area contributed by atoms with Crippen molar-refractivity contribution >= 4 is 11.8 Å². The van der Waals surface area contributed by atoms with Gasteiger partial charge in [0, 0.05) is 18.7 Å². The van der Waals surface area contributed by atoms with E-state index >= 15 is 0 Å². The second-order valence-corrected chi connectivity index (χ2v) is 4.64. The van der Waals surface area contributed by atoms with E-state index < -0.39 is 0 Å². The van der Waals surface area contributed by atoms with Crippen LogP contribution in [0.1, 0.15) is 58.3 Å². The lowest BCUT2D eigenvalue weighted by atomic mass is 10.1. The van der Waals surface area contributed by atoms with Crippen LogP contribution in [0.4, 0.5) is 0 Å². The highest BCUT2D eigenvalue weighted by Gasteiger charge is 2.21. The van der Waals surface area contributed by atoms with Crippen molar-refractivity contribution in [2.75, 3.05) is 6.54 Å². The smallest absolute Gasteiger partial charge is 0.253 e. The molecule has 0 saturated heterocycles. The maximum absolute atomic E-state index is 11.2. The van der Waals surface area contributed by atoms with Crippen molar-refractivity contribution in [3.8, 4) is 0 Å². The van der Waals surface area contributed by atoms with E-state index in [9.17, 15) is 9.59 Å². The summed E-state index contributed by atoms with van der Waals surface area (Å²) in [5.41, 5.74) is 0. The topological polar surface area (TPSA) is 37.4 Å². The van der Waals surface area contributed by atoms with Gasteiger partial charge in [0.1, 0.15) is 0 Å². The average molecular weight is 237 g/mol. The summed E-state index contributed by atoms with van der Waals surface area (Å²) in [6.07, 6.45) is 12.5. The minimum atomic E-state index is -0.155. The molecule has 0 aliphatic carbocycles. The quantitative estimate of drug-likeness (QED) is 0.456. The number of carbonyl (C=O) groups is 2. The molecule has 0 atom stereocenters. The van der Waals surface area contributed by atoms with Gasteiger partial charge < -0.3 is 0 Å². The van der Waals surface area contributed by atoms with Gasteiger partial charge in [0.15, 0.2) is 0 Å². The van der Waals surface area contributed by atoms with E-state index in [2.05, 4.69) is 6.92 Å². The fourth-order valence-corrected chi connectivity index (χ4v) is 2.06. The van der Waals surface area contributed by atoms with Gasteiger partial charge in [-0.05, 0) is 6.42 Å². The Balaban J connectivity index is 1.94. The Morgan fingerprint density at radius 3 is 1.82 bits per heavy atom. The minimum Gasteiger partial charge on any atom is -0.275 e. The fourth-order valence-electron chi connectivity index (χ4n) is 2.06. The number of nitrogens with zero attached hydrogens (tertiary/aromatic N) is 1. The van der Waals surface area contributed by atoms with Gasteiger partial charge in [0.25, 0.3) is 11.8 Å². The van der Waals surface area contributed by atoms with Crippen LogP contribution in [0.3, 0.4) is 0 Å². The third-order valence-electron chi connectivity index (χ3n) is 3.14. The minimum absolute atomic E-state index is 0.155. The molecule has 3 heteroatoms. The molecular weight excluding hydrogens is 214 g/mol. The van der Waals surface area contributed by atoms with Gasteiger partial charge in [-0.2, -0.15) is 0 Å². The molecule has 0 saturated carbocycles. The Kier molecular flexibility index (Phi) is 6.60. The van der Waals surface area contributed by atoms with Gasteiger partial charge in [-0.25, -0.2) is 0 Å². The molecule has 0 aromatic rings. The first-order chi connectivity index (χ1) is 8.25. The summed E-state index contributed by atoms with van der Waals surface area (Å²) in [5.74, 6) is -0.309. The maximum Gasteiger partial charge on any atom is 0.253 e. The molecule has 0 radical (unpaired) electrons. The van der Waals surface area contributed by atoms with Crippen LogP contribution in [0.25, 0.3) is 0 Å². The summed E-state index contributed by atoms with van der Waals surface area (Å²) in [5, 5.41) is 0. The lowest BCUT2D eigenvalue weighted by molar-refractivity contribution is -0.136. The number of amides is 2. The second-order valence-electron chi connectivity index (χ2n) is 4.64. The number of rotatable bonds is 9. The highest BCUT2D eigenvalue weighted by Crippen LogP contribution is 2.10. The normalized spacial score (nSPS) is 15.0. The van der Waals surface area contributed by atoms with Crippen molar-refractivity contribution in [2.45, 2.75) is 58.3 Å². The van der Waals surface area contributed by atoms with Gasteiger partial charge in [0.2, 0.25) is 0 Å². The summed E-state index contributed by atoms with van der Waals surface area (Å²) < 4.78 is 0. The van der Waals surface area contributed by atoms with Crippen LogP contribution >= 0.6 is 0 Å². The van der Waals surface area contributed by atoms with E-state index in [1.165, 1.54) is 55.6 Å². The van der Waals surface area contributed by atoms with Crippen LogP contribution in [0.2, 0.25) is 0 Å². The van der Waals surface area contributed by atoms with Crippen molar-refractivity contribution in [2.24, 2.45) is 0 Å². The fraction of sp³-hybridized carbons (Fsp3) is 0.714. The number of hydrogen-bond acceptors (Lipinski definition) is 2. The van der Waals surface area contributed by atoms with Gasteiger partial charge in [-0.3, -0.25) is 14.5 Å². The zero-order chi connectivity index (χ0) is 12.5. The van der Waals surface area contributed by atoms with E-state index in [-0.39, 0.29) is 11.8 Å². The first-order valence-electron chi connectivity index (χ1n) is 6.79. The molecule has 1 rings (SSSR count). The van der Waals surface area contributed by atoms with Crippen molar-refractivity contribution < 1.29 is 9.59 Å². The highest BCUT2D eigenvalue weighted by molar-refractivity contribution is 6.12. The van der Waals surface area contributed by atoms with Crippen molar-refractivity contribution in [3.63, 3.8) is 0 Å². The zero-order valence-corrected chi connectivity index (χ0v) is 10.8. The summed E-state index contributed by atoms with van der Waals surface area (Å²) in [6, 6.07) is 0. The Bertz CT molecular complexity index is 266. The molecule has 17 heavy (non-hydrogen) atoms. The molecular formula is C14H23NO2. The number of imide groups is 1. The van der Waals surface area contributed by atoms with Crippen molar-refractivity contribution in [1.29, 1.82) is 0 Å². The predicted molar refractivity (Wildman–Crippen MR) is 68.5 cm³/mol. The SMILES string of the molecule is CCCCCCCCCCN1C(=O)C=CC1=O. The van der Waals surface area contributed by atoms with Gasteiger partial charge >= 0.3 is 0 Å². The molecule has 0 fully saturated rings. The lowest BCUT2D eigenvalue weighted by Gasteiger charge is -2.12. The Hall–Kier alpha value is -1.12. The molecule has 0 bridgehead atoms. The molecule has 1 aliphatic heterocycles. The van der Waals surface area contributed by atoms with E-state index in [1.54, 1.807) is 0 Å². The van der Waals surface area contributed by atoms with Crippen LogP contribution in [0.5, 0.6) is 0 Å². The van der Waals surface area contributed by atoms with Gasteiger partial charge in [-0.1, -0.05) is 51.9 Å². The van der Waals surface area contributed by atoms with Gasteiger partial charge in [-0.15, -0.1) is 0 Å². The predicted octanol–water partition coefficient (Wildman–Crippen LogP) is 3.05. The third-order valence-corrected chi connectivity index (χ3v) is 3.14. The Morgan fingerprint density at radius 1 is 0.824 bits per heavy atom. The summed E-state index contributed by atoms with van der Waals surface area (Å²) in [4.78, 5) is 23.8. The van der Waals surface area contributed by atoms with Crippen LogP contribution < -0.4 is 0 Å². The Morgan fingerprint density at radius 2 is 1.29 bits per heavy atom. The first kappa shape index (κ1) is 13.9. The van der Waals surface area contributed by atoms with E-state index in [0.29, 0.717) is 6.54 Å². The molecule has 0 N–H and O–H groups in total. The van der Waals surface area contributed by atoms with Crippen LogP contribution in [-0.2, 0) is 9.59 Å². The summed E-state index contributed by atoms with van der Waals surface area (Å²) >= 11 is 0. The standard InChI is InChI=1S/C14H23NO2/c1-2-3-4-5-6-7-8-9-12-15-13(16)10-11-14(15)17/h10-11H,2-9,12H2,1H3. The number of unbranched alkanes of at least 4 members (excludes halogenated alkanes) is 7. The second kappa shape index (κ2) is 8.04. The number of hydrogen-bond donors (Lipinski definition) is 0. The summed E-state index contributed by atoms with van der Waals surface area (Å²) in [7, 11) is 0. The van der Waals surface area contributed by atoms with Crippen LogP contribution in [0.15, 0.2) is 12.2 Å². The maximum atomic E-state index is 11.2. The van der Waals surface area contributed by atoms with Crippen molar-refractivity contribution in [1.82, 2.24) is 4.90 Å². The molecule has 0 spiro atoms. The lowest BCUT2D eigenvalue weighted by Crippen LogP contribution is -2.30. The molecule has 0 aromatic carbocycles. The van der Waals surface area contributed by atoms with E-state index in [0.717, 1.165) is 12.8 Å². The summed E-state index contributed by atoms with van der Waals surface area (Å²) in [6.45, 7) is 2.80. The molecule has 3 nitrogen and oxygen atoms in total. The Labute approximate surface area is 104 Å². The van der Waals surface area contributed by atoms with Crippen LogP contribution in [-0.4, -0.2) is 23.3 Å². The van der Waals surface area contributed by atoms with E-state index in [4.69, 9.17) is 0 Å². The zero-order valence-electron chi connectivity index (χ0n) is 10.8. The third kappa shape index (κ3) is 5.16.